The first-order valence-corrected chi connectivity index (χ1v) is 9.90. The van der Waals surface area contributed by atoms with Crippen molar-refractivity contribution in [3.05, 3.63) is 71.3 Å². The summed E-state index contributed by atoms with van der Waals surface area (Å²) in [5.74, 6) is 1.20. The lowest BCUT2D eigenvalue weighted by molar-refractivity contribution is -0.137. The van der Waals surface area contributed by atoms with E-state index in [0.29, 0.717) is 17.3 Å². The number of aryl methyl sites for hydroxylation is 1. The van der Waals surface area contributed by atoms with Crippen LogP contribution in [-0.2, 0) is 19.0 Å². The second-order valence-corrected chi connectivity index (χ2v) is 7.49. The van der Waals surface area contributed by atoms with Gasteiger partial charge in [0.25, 0.3) is 0 Å². The molecule has 0 aliphatic heterocycles. The first-order valence-electron chi connectivity index (χ1n) is 9.90. The molecule has 2 aromatic heterocycles. The van der Waals surface area contributed by atoms with Gasteiger partial charge >= 0.3 is 6.18 Å². The SMILES string of the molecule is FC(F)(F)c1ccccc1-c1cc2c(c(Nc3n[nH]c4ccccc34)n1)CCCC2. The van der Waals surface area contributed by atoms with Gasteiger partial charge in [-0.3, -0.25) is 5.10 Å². The normalized spacial score (nSPS) is 14.0. The van der Waals surface area contributed by atoms with Crippen LogP contribution in [0.25, 0.3) is 22.2 Å². The van der Waals surface area contributed by atoms with Crippen molar-refractivity contribution in [2.45, 2.75) is 31.9 Å². The number of H-pyrrole nitrogens is 1. The van der Waals surface area contributed by atoms with Crippen LogP contribution in [0.5, 0.6) is 0 Å². The third kappa shape index (κ3) is 3.30. The van der Waals surface area contributed by atoms with Crippen molar-refractivity contribution in [2.75, 3.05) is 5.32 Å². The van der Waals surface area contributed by atoms with Crippen LogP contribution in [0.15, 0.2) is 54.6 Å². The Bertz CT molecular complexity index is 1230. The molecule has 0 spiro atoms. The number of para-hydroxylation sites is 1. The first kappa shape index (κ1) is 18.7. The van der Waals surface area contributed by atoms with Gasteiger partial charge in [0.05, 0.1) is 16.8 Å². The van der Waals surface area contributed by atoms with Gasteiger partial charge < -0.3 is 5.32 Å². The number of fused-ring (bicyclic) bond motifs is 2. The fourth-order valence-electron chi connectivity index (χ4n) is 4.11. The standard InChI is InChI=1S/C23H19F3N4/c24-23(25,26)18-11-5-3-9-16(18)20-13-14-7-1-2-8-15(14)21(27-20)28-22-17-10-4-6-12-19(17)29-30-22/h3-6,9-13H,1-2,7-8H2,(H2,27,28,29,30). The molecule has 5 rings (SSSR count). The predicted octanol–water partition coefficient (Wildman–Crippen LogP) is 6.27. The van der Waals surface area contributed by atoms with E-state index in [0.717, 1.165) is 53.8 Å². The fourth-order valence-corrected chi connectivity index (χ4v) is 4.11. The molecule has 1 aliphatic rings. The van der Waals surface area contributed by atoms with E-state index in [1.165, 1.54) is 12.1 Å². The number of anilines is 2. The summed E-state index contributed by atoms with van der Waals surface area (Å²) in [5.41, 5.74) is 2.73. The molecular formula is C23H19F3N4. The van der Waals surface area contributed by atoms with E-state index >= 15 is 0 Å². The monoisotopic (exact) mass is 408 g/mol. The minimum atomic E-state index is -4.44. The smallest absolute Gasteiger partial charge is 0.323 e. The number of nitrogens with zero attached hydrogens (tertiary/aromatic N) is 2. The van der Waals surface area contributed by atoms with E-state index in [2.05, 4.69) is 20.5 Å². The highest BCUT2D eigenvalue weighted by atomic mass is 19.4. The first-order chi connectivity index (χ1) is 14.5. The fraction of sp³-hybridized carbons (Fsp3) is 0.217. The molecule has 0 saturated carbocycles. The number of nitrogens with one attached hydrogen (secondary N) is 2. The van der Waals surface area contributed by atoms with Crippen molar-refractivity contribution >= 4 is 22.5 Å². The third-order valence-electron chi connectivity index (χ3n) is 5.56. The Morgan fingerprint density at radius 1 is 0.900 bits per heavy atom. The number of aromatic amines is 1. The molecule has 1 aliphatic carbocycles. The van der Waals surface area contributed by atoms with Gasteiger partial charge in [0, 0.05) is 10.9 Å². The summed E-state index contributed by atoms with van der Waals surface area (Å²) in [6.45, 7) is 0. The van der Waals surface area contributed by atoms with E-state index in [4.69, 9.17) is 0 Å². The van der Waals surface area contributed by atoms with Crippen LogP contribution in [0.2, 0.25) is 0 Å². The highest BCUT2D eigenvalue weighted by Crippen LogP contribution is 2.39. The summed E-state index contributed by atoms with van der Waals surface area (Å²) in [6, 6.07) is 15.1. The second-order valence-electron chi connectivity index (χ2n) is 7.49. The van der Waals surface area contributed by atoms with Gasteiger partial charge in [-0.15, -0.1) is 0 Å². The third-order valence-corrected chi connectivity index (χ3v) is 5.56. The van der Waals surface area contributed by atoms with E-state index in [-0.39, 0.29) is 5.56 Å². The van der Waals surface area contributed by atoms with E-state index in [9.17, 15) is 13.2 Å². The van der Waals surface area contributed by atoms with Crippen LogP contribution in [-0.4, -0.2) is 15.2 Å². The van der Waals surface area contributed by atoms with Crippen molar-refractivity contribution in [1.82, 2.24) is 15.2 Å². The zero-order valence-corrected chi connectivity index (χ0v) is 16.1. The van der Waals surface area contributed by atoms with Crippen LogP contribution in [0.4, 0.5) is 24.8 Å². The van der Waals surface area contributed by atoms with Crippen LogP contribution in [0.1, 0.15) is 29.5 Å². The summed E-state index contributed by atoms with van der Waals surface area (Å²) in [7, 11) is 0. The topological polar surface area (TPSA) is 53.6 Å². The van der Waals surface area contributed by atoms with Crippen LogP contribution in [0.3, 0.4) is 0 Å². The van der Waals surface area contributed by atoms with Gasteiger partial charge in [0.2, 0.25) is 0 Å². The number of hydrogen-bond acceptors (Lipinski definition) is 3. The van der Waals surface area contributed by atoms with Gasteiger partial charge in [-0.05, 0) is 61.1 Å². The molecule has 2 aromatic carbocycles. The quantitative estimate of drug-likeness (QED) is 0.420. The van der Waals surface area contributed by atoms with Gasteiger partial charge in [0.15, 0.2) is 5.82 Å². The molecule has 0 saturated heterocycles. The number of rotatable bonds is 3. The van der Waals surface area contributed by atoms with Crippen LogP contribution < -0.4 is 5.32 Å². The average molecular weight is 408 g/mol. The molecule has 30 heavy (non-hydrogen) atoms. The average Bonchev–Trinajstić information content (AvgIpc) is 3.16. The lowest BCUT2D eigenvalue weighted by atomic mass is 9.90. The summed E-state index contributed by atoms with van der Waals surface area (Å²) in [6.07, 6.45) is -0.727. The van der Waals surface area contributed by atoms with E-state index in [1.54, 1.807) is 6.07 Å². The Labute approximate surface area is 171 Å². The van der Waals surface area contributed by atoms with Gasteiger partial charge in [-0.2, -0.15) is 18.3 Å². The largest absolute Gasteiger partial charge is 0.417 e. The Hall–Kier alpha value is -3.35. The number of pyridine rings is 1. The van der Waals surface area contributed by atoms with Crippen molar-refractivity contribution in [3.8, 4) is 11.3 Å². The molecule has 152 valence electrons. The minimum Gasteiger partial charge on any atom is -0.323 e. The molecule has 7 heteroatoms. The zero-order valence-electron chi connectivity index (χ0n) is 16.1. The van der Waals surface area contributed by atoms with Crippen LogP contribution in [0, 0.1) is 0 Å². The molecule has 4 aromatic rings. The molecule has 0 atom stereocenters. The Morgan fingerprint density at radius 2 is 1.67 bits per heavy atom. The summed E-state index contributed by atoms with van der Waals surface area (Å²) < 4.78 is 40.8. The predicted molar refractivity (Wildman–Crippen MR) is 111 cm³/mol. The number of halogens is 3. The van der Waals surface area contributed by atoms with Crippen LogP contribution >= 0.6 is 0 Å². The van der Waals surface area contributed by atoms with Gasteiger partial charge in [0.1, 0.15) is 5.82 Å². The molecule has 2 N–H and O–H groups in total. The maximum absolute atomic E-state index is 13.6. The van der Waals surface area contributed by atoms with E-state index < -0.39 is 11.7 Å². The lowest BCUT2D eigenvalue weighted by Crippen LogP contribution is -2.11. The minimum absolute atomic E-state index is 0.0910. The van der Waals surface area contributed by atoms with Gasteiger partial charge in [-0.25, -0.2) is 4.98 Å². The van der Waals surface area contributed by atoms with E-state index in [1.807, 2.05) is 30.3 Å². The zero-order chi connectivity index (χ0) is 20.7. The maximum atomic E-state index is 13.6. The molecule has 0 unspecified atom stereocenters. The number of benzene rings is 2. The highest BCUT2D eigenvalue weighted by Gasteiger charge is 2.34. The molecule has 2 heterocycles. The molecular weight excluding hydrogens is 389 g/mol. The van der Waals surface area contributed by atoms with Crippen molar-refractivity contribution in [1.29, 1.82) is 0 Å². The van der Waals surface area contributed by atoms with Crippen molar-refractivity contribution < 1.29 is 13.2 Å². The van der Waals surface area contributed by atoms with Crippen molar-refractivity contribution in [2.24, 2.45) is 0 Å². The molecule has 0 amide bonds. The summed E-state index contributed by atoms with van der Waals surface area (Å²) in [4.78, 5) is 4.65. The van der Waals surface area contributed by atoms with Crippen molar-refractivity contribution in [3.63, 3.8) is 0 Å². The summed E-state index contributed by atoms with van der Waals surface area (Å²) in [5, 5.41) is 11.5. The Kier molecular flexibility index (Phi) is 4.46. The Morgan fingerprint density at radius 3 is 2.53 bits per heavy atom. The molecule has 0 radical (unpaired) electrons. The lowest BCUT2D eigenvalue weighted by Gasteiger charge is -2.21. The van der Waals surface area contributed by atoms with Gasteiger partial charge in [-0.1, -0.05) is 30.3 Å². The summed E-state index contributed by atoms with van der Waals surface area (Å²) >= 11 is 0. The molecule has 0 bridgehead atoms. The molecule has 0 fully saturated rings. The number of aromatic nitrogens is 3. The maximum Gasteiger partial charge on any atom is 0.417 e. The highest BCUT2D eigenvalue weighted by molar-refractivity contribution is 5.91. The number of alkyl halides is 3. The Balaban J connectivity index is 1.65. The second kappa shape index (κ2) is 7.16. The number of hydrogen-bond donors (Lipinski definition) is 2. The molecule has 4 nitrogen and oxygen atoms in total.